The fraction of sp³-hybridized carbons (Fsp3) is 0.600. The molecule has 1 aliphatic carbocycles. The molecule has 0 saturated heterocycles. The molecule has 1 heterocycles. The Morgan fingerprint density at radius 3 is 3.00 bits per heavy atom. The van der Waals surface area contributed by atoms with E-state index in [0.717, 1.165) is 12.1 Å². The molecule has 0 radical (unpaired) electrons. The monoisotopic (exact) mass is 211 g/mol. The Balaban J connectivity index is 2.10. The maximum absolute atomic E-state index is 11.1. The van der Waals surface area contributed by atoms with Crippen molar-refractivity contribution >= 4 is 17.3 Å². The summed E-state index contributed by atoms with van der Waals surface area (Å²) in [5.74, 6) is 0.316. The van der Waals surface area contributed by atoms with Gasteiger partial charge in [-0.05, 0) is 43.3 Å². The number of carbonyl (C=O) groups is 1. The second-order valence-corrected chi connectivity index (χ2v) is 4.66. The average molecular weight is 211 g/mol. The number of nitrogens with zero attached hydrogens (tertiary/aromatic N) is 1. The lowest BCUT2D eigenvalue weighted by atomic mass is 9.85. The second kappa shape index (κ2) is 3.79. The molecule has 2 unspecified atom stereocenters. The van der Waals surface area contributed by atoms with Crippen LogP contribution >= 0.6 is 11.5 Å². The summed E-state index contributed by atoms with van der Waals surface area (Å²) >= 11 is 1.49. The van der Waals surface area contributed by atoms with Gasteiger partial charge in [0.1, 0.15) is 6.10 Å². The number of aliphatic hydroxyl groups excluding tert-OH is 1. The highest BCUT2D eigenvalue weighted by Crippen LogP contribution is 2.33. The Bertz CT molecular complexity index is 348. The molecule has 2 rings (SSSR count). The molecule has 1 aromatic heterocycles. The van der Waals surface area contributed by atoms with Gasteiger partial charge in [0.05, 0.1) is 5.69 Å². The summed E-state index contributed by atoms with van der Waals surface area (Å²) in [6.07, 6.45) is 1.18. The normalized spacial score (nSPS) is 28.0. The standard InChI is InChI=1S/C10H13NO2S/c1-6-4-10(14-11-6)7-2-3-8(12)9(13)5-7/h4,7,9,13H,2-3,5H2,1H3. The maximum atomic E-state index is 11.1. The molecule has 1 aromatic rings. The number of hydrogen-bond donors (Lipinski definition) is 1. The van der Waals surface area contributed by atoms with Crippen LogP contribution in [0.15, 0.2) is 6.07 Å². The highest BCUT2D eigenvalue weighted by atomic mass is 32.1. The minimum absolute atomic E-state index is 0.0116. The van der Waals surface area contributed by atoms with Crippen molar-refractivity contribution in [1.29, 1.82) is 0 Å². The second-order valence-electron chi connectivity index (χ2n) is 3.82. The zero-order chi connectivity index (χ0) is 10.1. The van der Waals surface area contributed by atoms with Crippen molar-refractivity contribution < 1.29 is 9.90 Å². The van der Waals surface area contributed by atoms with Crippen LogP contribution in [0.5, 0.6) is 0 Å². The molecule has 14 heavy (non-hydrogen) atoms. The quantitative estimate of drug-likeness (QED) is 0.768. The fourth-order valence-electron chi connectivity index (χ4n) is 1.84. The topological polar surface area (TPSA) is 50.2 Å². The molecule has 1 saturated carbocycles. The summed E-state index contributed by atoms with van der Waals surface area (Å²) in [5.41, 5.74) is 1.02. The van der Waals surface area contributed by atoms with E-state index < -0.39 is 6.10 Å². The third-order valence-electron chi connectivity index (χ3n) is 2.67. The van der Waals surface area contributed by atoms with E-state index in [0.29, 0.717) is 18.8 Å². The SMILES string of the molecule is Cc1cc(C2CCC(=O)C(O)C2)sn1. The molecule has 0 bridgehead atoms. The van der Waals surface area contributed by atoms with E-state index in [1.54, 1.807) is 0 Å². The third-order valence-corrected chi connectivity index (χ3v) is 3.71. The Labute approximate surface area is 86.9 Å². The van der Waals surface area contributed by atoms with Crippen LogP contribution in [0.3, 0.4) is 0 Å². The van der Waals surface area contributed by atoms with E-state index in [1.165, 1.54) is 16.4 Å². The number of aryl methyl sites for hydroxylation is 1. The summed E-state index contributed by atoms with van der Waals surface area (Å²) < 4.78 is 4.21. The summed E-state index contributed by atoms with van der Waals surface area (Å²) in [4.78, 5) is 12.3. The van der Waals surface area contributed by atoms with Gasteiger partial charge in [-0.15, -0.1) is 0 Å². The Kier molecular flexibility index (Phi) is 2.65. The Morgan fingerprint density at radius 2 is 2.43 bits per heavy atom. The number of carbonyl (C=O) groups excluding carboxylic acids is 1. The van der Waals surface area contributed by atoms with Gasteiger partial charge in [-0.1, -0.05) is 0 Å². The van der Waals surface area contributed by atoms with Crippen LogP contribution in [0, 0.1) is 6.92 Å². The summed E-state index contributed by atoms with van der Waals surface area (Å²) in [7, 11) is 0. The third kappa shape index (κ3) is 1.86. The highest BCUT2D eigenvalue weighted by molar-refractivity contribution is 7.05. The van der Waals surface area contributed by atoms with Crippen LogP contribution in [-0.2, 0) is 4.79 Å². The molecular weight excluding hydrogens is 198 g/mol. The van der Waals surface area contributed by atoms with Crippen LogP contribution in [0.1, 0.15) is 35.8 Å². The van der Waals surface area contributed by atoms with Crippen LogP contribution in [0.4, 0.5) is 0 Å². The fourth-order valence-corrected chi connectivity index (χ4v) is 2.72. The first kappa shape index (κ1) is 9.80. The molecule has 1 fully saturated rings. The van der Waals surface area contributed by atoms with Crippen LogP contribution in [0.2, 0.25) is 0 Å². The average Bonchev–Trinajstić information content (AvgIpc) is 2.57. The minimum Gasteiger partial charge on any atom is -0.385 e. The summed E-state index contributed by atoms with van der Waals surface area (Å²) in [6, 6.07) is 2.05. The smallest absolute Gasteiger partial charge is 0.161 e. The van der Waals surface area contributed by atoms with Gasteiger partial charge in [-0.25, -0.2) is 0 Å². The molecule has 0 amide bonds. The van der Waals surface area contributed by atoms with Crippen molar-refractivity contribution in [3.8, 4) is 0 Å². The van der Waals surface area contributed by atoms with Crippen LogP contribution in [0.25, 0.3) is 0 Å². The molecule has 0 aromatic carbocycles. The van der Waals surface area contributed by atoms with E-state index in [-0.39, 0.29) is 5.78 Å². The molecule has 1 aliphatic rings. The summed E-state index contributed by atoms with van der Waals surface area (Å²) in [5, 5.41) is 9.45. The Hall–Kier alpha value is -0.740. The zero-order valence-electron chi connectivity index (χ0n) is 8.06. The van der Waals surface area contributed by atoms with Crippen molar-refractivity contribution in [3.63, 3.8) is 0 Å². The van der Waals surface area contributed by atoms with Gasteiger partial charge in [-0.3, -0.25) is 4.79 Å². The number of hydrogen-bond acceptors (Lipinski definition) is 4. The van der Waals surface area contributed by atoms with Gasteiger partial charge in [0, 0.05) is 11.3 Å². The lowest BCUT2D eigenvalue weighted by Gasteiger charge is -2.23. The first-order valence-electron chi connectivity index (χ1n) is 4.81. The van der Waals surface area contributed by atoms with Gasteiger partial charge in [0.25, 0.3) is 0 Å². The van der Waals surface area contributed by atoms with E-state index in [4.69, 9.17) is 0 Å². The van der Waals surface area contributed by atoms with E-state index in [2.05, 4.69) is 10.4 Å². The van der Waals surface area contributed by atoms with Crippen molar-refractivity contribution in [3.05, 3.63) is 16.6 Å². The first-order chi connectivity index (χ1) is 6.66. The van der Waals surface area contributed by atoms with Crippen molar-refractivity contribution in [2.75, 3.05) is 0 Å². The highest BCUT2D eigenvalue weighted by Gasteiger charge is 2.28. The molecule has 1 N–H and O–H groups in total. The minimum atomic E-state index is -0.754. The van der Waals surface area contributed by atoms with Crippen LogP contribution in [-0.4, -0.2) is 21.4 Å². The lowest BCUT2D eigenvalue weighted by molar-refractivity contribution is -0.129. The van der Waals surface area contributed by atoms with Crippen molar-refractivity contribution in [2.24, 2.45) is 0 Å². The number of aliphatic hydroxyl groups is 1. The predicted molar refractivity (Wildman–Crippen MR) is 54.5 cm³/mol. The van der Waals surface area contributed by atoms with E-state index >= 15 is 0 Å². The molecule has 0 spiro atoms. The van der Waals surface area contributed by atoms with E-state index in [1.807, 2.05) is 6.92 Å². The first-order valence-corrected chi connectivity index (χ1v) is 5.58. The molecular formula is C10H13NO2S. The van der Waals surface area contributed by atoms with E-state index in [9.17, 15) is 9.90 Å². The predicted octanol–water partition coefficient (Wildman–Crippen LogP) is 1.65. The van der Waals surface area contributed by atoms with Gasteiger partial charge < -0.3 is 5.11 Å². The zero-order valence-corrected chi connectivity index (χ0v) is 8.88. The van der Waals surface area contributed by atoms with Gasteiger partial charge in [0.2, 0.25) is 0 Å². The molecule has 0 aliphatic heterocycles. The number of rotatable bonds is 1. The number of ketones is 1. The molecule has 3 nitrogen and oxygen atoms in total. The van der Waals surface area contributed by atoms with Crippen LogP contribution < -0.4 is 0 Å². The Morgan fingerprint density at radius 1 is 1.64 bits per heavy atom. The van der Waals surface area contributed by atoms with Gasteiger partial charge in [-0.2, -0.15) is 4.37 Å². The maximum Gasteiger partial charge on any atom is 0.161 e. The molecule has 4 heteroatoms. The van der Waals surface area contributed by atoms with Crippen molar-refractivity contribution in [1.82, 2.24) is 4.37 Å². The van der Waals surface area contributed by atoms with Gasteiger partial charge >= 0.3 is 0 Å². The lowest BCUT2D eigenvalue weighted by Crippen LogP contribution is -2.27. The number of Topliss-reactive ketones (excluding diaryl/α,β-unsaturated/α-hetero) is 1. The molecule has 76 valence electrons. The van der Waals surface area contributed by atoms with Crippen molar-refractivity contribution in [2.45, 2.75) is 38.2 Å². The molecule has 2 atom stereocenters. The summed E-state index contributed by atoms with van der Waals surface area (Å²) in [6.45, 7) is 1.96. The van der Waals surface area contributed by atoms with Gasteiger partial charge in [0.15, 0.2) is 5.78 Å². The number of aromatic nitrogens is 1. The largest absolute Gasteiger partial charge is 0.385 e.